The first kappa shape index (κ1) is 19.9. The molecule has 11 heteroatoms. The molecular weight excluding hydrogens is 417 g/mol. The van der Waals surface area contributed by atoms with Gasteiger partial charge in [-0.3, -0.25) is 0 Å². The zero-order valence-corrected chi connectivity index (χ0v) is 15.2. The van der Waals surface area contributed by atoms with Crippen molar-refractivity contribution in [3.05, 3.63) is 20.5 Å². The minimum atomic E-state index is -1.35. The summed E-state index contributed by atoms with van der Waals surface area (Å²) in [5, 5.41) is 58.6. The third-order valence-electron chi connectivity index (χ3n) is 4.67. The topological polar surface area (TPSA) is 183 Å². The summed E-state index contributed by atoms with van der Waals surface area (Å²) in [6, 6.07) is 1.42. The van der Waals surface area contributed by atoms with Crippen molar-refractivity contribution in [2.45, 2.75) is 48.8 Å². The number of primary amides is 1. The van der Waals surface area contributed by atoms with Gasteiger partial charge in [0.2, 0.25) is 0 Å². The van der Waals surface area contributed by atoms with E-state index in [1.165, 1.54) is 6.07 Å². The summed E-state index contributed by atoms with van der Waals surface area (Å²) in [4.78, 5) is 11.8. The standard InChI is InChI=1S/C15H21NO9Se/c16-15(23)4-1-7(12-10(21)8(19)5(2-17)24-12)26-14(4)13-11(22)9(20)6(3-18)25-13/h1,5-6,8-13,17-22H,2-3H2,(H2,16,23)/t5-,6-,8-,9-,10-,11-,12+,13-/m1/s1. The Bertz CT molecular complexity index is 668. The van der Waals surface area contributed by atoms with E-state index in [1.807, 2.05) is 0 Å². The fourth-order valence-electron chi connectivity index (χ4n) is 3.22. The van der Waals surface area contributed by atoms with Gasteiger partial charge in [-0.1, -0.05) is 0 Å². The van der Waals surface area contributed by atoms with E-state index in [0.717, 1.165) is 0 Å². The molecule has 0 aliphatic carbocycles. The van der Waals surface area contributed by atoms with Crippen molar-refractivity contribution in [3.8, 4) is 0 Å². The summed E-state index contributed by atoms with van der Waals surface area (Å²) in [5.41, 5.74) is 5.48. The van der Waals surface area contributed by atoms with Crippen LogP contribution in [0, 0.1) is 0 Å². The summed E-state index contributed by atoms with van der Waals surface area (Å²) < 4.78 is 11.8. The number of hydrogen-bond donors (Lipinski definition) is 7. The molecule has 2 aliphatic heterocycles. The average Bonchev–Trinajstić information content (AvgIpc) is 3.25. The molecule has 0 unspecified atom stereocenters. The van der Waals surface area contributed by atoms with Crippen molar-refractivity contribution in [1.29, 1.82) is 0 Å². The maximum atomic E-state index is 11.8. The Labute approximate surface area is 154 Å². The zero-order chi connectivity index (χ0) is 19.2. The van der Waals surface area contributed by atoms with Crippen LogP contribution >= 0.6 is 0 Å². The van der Waals surface area contributed by atoms with E-state index in [1.54, 1.807) is 0 Å². The van der Waals surface area contributed by atoms with Crippen LogP contribution in [-0.4, -0.2) is 101 Å². The Morgan fingerprint density at radius 2 is 1.46 bits per heavy atom. The molecular formula is C15H21NO9Se. The molecule has 0 aromatic carbocycles. The van der Waals surface area contributed by atoms with Gasteiger partial charge < -0.3 is 0 Å². The number of carbonyl (C=O) groups excluding carboxylic acids is 1. The summed E-state index contributed by atoms with van der Waals surface area (Å²) in [6.45, 7) is -0.983. The summed E-state index contributed by atoms with van der Waals surface area (Å²) in [7, 11) is 0. The van der Waals surface area contributed by atoms with Gasteiger partial charge >= 0.3 is 154 Å². The predicted octanol–water partition coefficient (Wildman–Crippen LogP) is -3.85. The fraction of sp³-hybridized carbons (Fsp3) is 0.667. The van der Waals surface area contributed by atoms with Crippen LogP contribution in [0.1, 0.15) is 31.4 Å². The van der Waals surface area contributed by atoms with Gasteiger partial charge in [0.15, 0.2) is 0 Å². The minimum absolute atomic E-state index is 0.0765. The van der Waals surface area contributed by atoms with Gasteiger partial charge in [0.1, 0.15) is 0 Å². The van der Waals surface area contributed by atoms with Crippen LogP contribution in [0.5, 0.6) is 0 Å². The van der Waals surface area contributed by atoms with E-state index >= 15 is 0 Å². The molecule has 0 spiro atoms. The second-order valence-electron chi connectivity index (χ2n) is 6.31. The molecule has 1 aromatic heterocycles. The van der Waals surface area contributed by atoms with E-state index in [2.05, 4.69) is 0 Å². The summed E-state index contributed by atoms with van der Waals surface area (Å²) >= 11 is -0.629. The van der Waals surface area contributed by atoms with Crippen LogP contribution < -0.4 is 5.73 Å². The van der Waals surface area contributed by atoms with Crippen molar-refractivity contribution < 1.29 is 44.9 Å². The van der Waals surface area contributed by atoms with Crippen molar-refractivity contribution in [3.63, 3.8) is 0 Å². The molecule has 0 radical (unpaired) electrons. The molecule has 8 N–H and O–H groups in total. The average molecular weight is 438 g/mol. The zero-order valence-electron chi connectivity index (χ0n) is 13.5. The Balaban J connectivity index is 1.94. The van der Waals surface area contributed by atoms with Gasteiger partial charge in [-0.25, -0.2) is 0 Å². The van der Waals surface area contributed by atoms with Crippen molar-refractivity contribution in [2.24, 2.45) is 5.73 Å². The fourth-order valence-corrected chi connectivity index (χ4v) is 5.99. The Morgan fingerprint density at radius 3 is 1.92 bits per heavy atom. The van der Waals surface area contributed by atoms with Crippen LogP contribution in [-0.2, 0) is 9.47 Å². The van der Waals surface area contributed by atoms with E-state index in [9.17, 15) is 35.4 Å². The molecule has 8 atom stereocenters. The molecule has 146 valence electrons. The maximum absolute atomic E-state index is 11.8. The summed E-state index contributed by atoms with van der Waals surface area (Å²) in [6.07, 6.45) is -9.17. The van der Waals surface area contributed by atoms with E-state index in [0.29, 0.717) is 8.87 Å². The molecule has 0 saturated carbocycles. The molecule has 1 aromatic rings. The van der Waals surface area contributed by atoms with Crippen LogP contribution in [0.15, 0.2) is 6.07 Å². The first-order chi connectivity index (χ1) is 12.3. The van der Waals surface area contributed by atoms with Crippen LogP contribution in [0.25, 0.3) is 0 Å². The number of aliphatic hydroxyl groups is 6. The SMILES string of the molecule is NC(=O)c1cc([C@@H]2O[C@H](CO)[C@@H](O)[C@H]2O)[se]c1[C@@H]1O[C@H](CO)[C@@H](O)[C@H]1O. The van der Waals surface area contributed by atoms with Crippen LogP contribution in [0.3, 0.4) is 0 Å². The van der Waals surface area contributed by atoms with E-state index in [-0.39, 0.29) is 5.56 Å². The van der Waals surface area contributed by atoms with Gasteiger partial charge in [-0.2, -0.15) is 0 Å². The van der Waals surface area contributed by atoms with Gasteiger partial charge in [-0.15, -0.1) is 0 Å². The molecule has 3 heterocycles. The number of rotatable bonds is 5. The predicted molar refractivity (Wildman–Crippen MR) is 85.3 cm³/mol. The molecule has 2 aliphatic rings. The number of nitrogens with two attached hydrogens (primary N) is 1. The third kappa shape index (κ3) is 3.25. The second kappa shape index (κ2) is 7.64. The van der Waals surface area contributed by atoms with Crippen molar-refractivity contribution in [1.82, 2.24) is 0 Å². The number of ether oxygens (including phenoxy) is 2. The molecule has 10 nitrogen and oxygen atoms in total. The number of amides is 1. The summed E-state index contributed by atoms with van der Waals surface area (Å²) in [5.74, 6) is -0.777. The number of hydrogen-bond acceptors (Lipinski definition) is 9. The Kier molecular flexibility index (Phi) is 5.85. The molecule has 1 amide bonds. The Morgan fingerprint density at radius 1 is 0.962 bits per heavy atom. The quantitative estimate of drug-likeness (QED) is 0.226. The van der Waals surface area contributed by atoms with Gasteiger partial charge in [0.25, 0.3) is 0 Å². The first-order valence-electron chi connectivity index (χ1n) is 7.98. The van der Waals surface area contributed by atoms with Gasteiger partial charge in [0.05, 0.1) is 0 Å². The van der Waals surface area contributed by atoms with E-state index in [4.69, 9.17) is 15.2 Å². The molecule has 3 rings (SSSR count). The van der Waals surface area contributed by atoms with Crippen LogP contribution in [0.4, 0.5) is 0 Å². The van der Waals surface area contributed by atoms with Crippen molar-refractivity contribution in [2.75, 3.05) is 13.2 Å². The second-order valence-corrected chi connectivity index (χ2v) is 8.65. The number of carbonyl (C=O) groups is 1. The number of aliphatic hydroxyl groups excluding tert-OH is 6. The third-order valence-corrected chi connectivity index (χ3v) is 7.31. The molecule has 2 saturated heterocycles. The molecule has 0 bridgehead atoms. The van der Waals surface area contributed by atoms with Crippen molar-refractivity contribution >= 4 is 20.4 Å². The van der Waals surface area contributed by atoms with E-state index < -0.39 is 82.5 Å². The van der Waals surface area contributed by atoms with Gasteiger partial charge in [0, 0.05) is 0 Å². The Hall–Kier alpha value is -0.851. The normalized spacial score (nSPS) is 40.2. The first-order valence-corrected chi connectivity index (χ1v) is 9.69. The molecule has 2 fully saturated rings. The van der Waals surface area contributed by atoms with Crippen LogP contribution in [0.2, 0.25) is 0 Å². The monoisotopic (exact) mass is 439 g/mol. The van der Waals surface area contributed by atoms with Gasteiger partial charge in [-0.05, 0) is 0 Å². The molecule has 26 heavy (non-hydrogen) atoms.